The van der Waals surface area contributed by atoms with Crippen LogP contribution in [0.5, 0.6) is 5.75 Å². The minimum atomic E-state index is 0.0201. The standard InChI is InChI=1S/C22H21IO2S/c1-14(24)15-9-10-20-19(13-15)22(23)11-4-3-8-18(22)21(26-20)16-6-5-7-17(12-16)25-2/h3-7,9-10,12-13,18,21,24H,1,8,11H2,2H3. The molecule has 0 aromatic heterocycles. The number of hydrogen-bond acceptors (Lipinski definition) is 3. The van der Waals surface area contributed by atoms with Crippen LogP contribution in [0.1, 0.15) is 34.8 Å². The minimum absolute atomic E-state index is 0.0201. The number of aliphatic hydroxyl groups is 1. The zero-order valence-corrected chi connectivity index (χ0v) is 17.6. The maximum absolute atomic E-state index is 9.86. The number of ether oxygens (including phenoxy) is 1. The van der Waals surface area contributed by atoms with E-state index in [4.69, 9.17) is 4.74 Å². The number of rotatable bonds is 3. The van der Waals surface area contributed by atoms with Gasteiger partial charge in [0.1, 0.15) is 11.5 Å². The first-order valence-corrected chi connectivity index (χ1v) is 10.7. The highest BCUT2D eigenvalue weighted by molar-refractivity contribution is 14.1. The van der Waals surface area contributed by atoms with Crippen molar-refractivity contribution in [1.82, 2.24) is 0 Å². The normalized spacial score (nSPS) is 26.7. The Morgan fingerprint density at radius 1 is 1.27 bits per heavy atom. The maximum atomic E-state index is 9.86. The van der Waals surface area contributed by atoms with Gasteiger partial charge in [-0.1, -0.05) is 59.5 Å². The zero-order valence-electron chi connectivity index (χ0n) is 14.6. The molecule has 1 aliphatic heterocycles. The van der Waals surface area contributed by atoms with Crippen LogP contribution in [-0.4, -0.2) is 12.2 Å². The van der Waals surface area contributed by atoms with Crippen LogP contribution in [0.4, 0.5) is 0 Å². The summed E-state index contributed by atoms with van der Waals surface area (Å²) in [4.78, 5) is 1.30. The molecule has 3 atom stereocenters. The number of allylic oxidation sites excluding steroid dienone is 2. The van der Waals surface area contributed by atoms with Gasteiger partial charge < -0.3 is 9.84 Å². The second kappa shape index (κ2) is 6.97. The third kappa shape index (κ3) is 2.97. The molecule has 26 heavy (non-hydrogen) atoms. The van der Waals surface area contributed by atoms with E-state index in [1.54, 1.807) is 7.11 Å². The van der Waals surface area contributed by atoms with Crippen LogP contribution in [0.3, 0.4) is 0 Å². The second-order valence-corrected chi connectivity index (χ2v) is 9.96. The van der Waals surface area contributed by atoms with Crippen LogP contribution in [0.15, 0.2) is 66.1 Å². The monoisotopic (exact) mass is 476 g/mol. The molecule has 4 heteroatoms. The summed E-state index contributed by atoms with van der Waals surface area (Å²) >= 11 is 4.58. The van der Waals surface area contributed by atoms with Gasteiger partial charge in [-0.05, 0) is 54.2 Å². The maximum Gasteiger partial charge on any atom is 0.119 e. The third-order valence-electron chi connectivity index (χ3n) is 5.36. The van der Waals surface area contributed by atoms with Crippen molar-refractivity contribution in [3.8, 4) is 5.75 Å². The first-order valence-electron chi connectivity index (χ1n) is 8.70. The van der Waals surface area contributed by atoms with Crippen LogP contribution in [0.25, 0.3) is 5.76 Å². The van der Waals surface area contributed by atoms with Crippen molar-refractivity contribution < 1.29 is 9.84 Å². The van der Waals surface area contributed by atoms with Gasteiger partial charge in [0.2, 0.25) is 0 Å². The van der Waals surface area contributed by atoms with Crippen LogP contribution >= 0.6 is 34.4 Å². The average Bonchev–Trinajstić information content (AvgIpc) is 2.66. The summed E-state index contributed by atoms with van der Waals surface area (Å²) in [7, 11) is 1.72. The van der Waals surface area contributed by atoms with E-state index in [0.717, 1.165) is 24.2 Å². The van der Waals surface area contributed by atoms with Crippen molar-refractivity contribution in [3.05, 3.63) is 77.9 Å². The molecule has 0 amide bonds. The van der Waals surface area contributed by atoms with Gasteiger partial charge in [-0.25, -0.2) is 0 Å². The summed E-state index contributed by atoms with van der Waals surface area (Å²) in [6, 6.07) is 14.7. The molecule has 1 heterocycles. The lowest BCUT2D eigenvalue weighted by molar-refractivity contribution is 0.370. The van der Waals surface area contributed by atoms with Gasteiger partial charge >= 0.3 is 0 Å². The van der Waals surface area contributed by atoms with Crippen LogP contribution < -0.4 is 4.74 Å². The van der Waals surface area contributed by atoms with Gasteiger partial charge in [-0.3, -0.25) is 0 Å². The smallest absolute Gasteiger partial charge is 0.119 e. The van der Waals surface area contributed by atoms with E-state index < -0.39 is 0 Å². The Bertz CT molecular complexity index is 891. The molecule has 0 radical (unpaired) electrons. The van der Waals surface area contributed by atoms with E-state index in [-0.39, 0.29) is 9.18 Å². The van der Waals surface area contributed by atoms with Crippen LogP contribution in [-0.2, 0) is 3.42 Å². The second-order valence-electron chi connectivity index (χ2n) is 6.85. The fraction of sp³-hybridized carbons (Fsp3) is 0.273. The van der Waals surface area contributed by atoms with Gasteiger partial charge in [0, 0.05) is 15.7 Å². The van der Waals surface area contributed by atoms with Crippen molar-refractivity contribution in [3.63, 3.8) is 0 Å². The average molecular weight is 476 g/mol. The number of thioether (sulfide) groups is 1. The van der Waals surface area contributed by atoms with E-state index in [2.05, 4.69) is 71.7 Å². The number of aliphatic hydroxyl groups excluding tert-OH is 1. The van der Waals surface area contributed by atoms with Crippen LogP contribution in [0, 0.1) is 5.92 Å². The Kier molecular flexibility index (Phi) is 4.82. The highest BCUT2D eigenvalue weighted by Crippen LogP contribution is 2.62. The van der Waals surface area contributed by atoms with Crippen molar-refractivity contribution in [1.29, 1.82) is 0 Å². The van der Waals surface area contributed by atoms with E-state index in [0.29, 0.717) is 11.2 Å². The predicted octanol–water partition coefficient (Wildman–Crippen LogP) is 6.67. The first kappa shape index (κ1) is 18.0. The lowest BCUT2D eigenvalue weighted by Crippen LogP contribution is -2.37. The molecule has 0 saturated carbocycles. The molecule has 1 aliphatic carbocycles. The number of hydrogen-bond donors (Lipinski definition) is 1. The van der Waals surface area contributed by atoms with Gasteiger partial charge in [0.05, 0.1) is 10.5 Å². The van der Waals surface area contributed by atoms with Gasteiger partial charge in [0.25, 0.3) is 0 Å². The van der Waals surface area contributed by atoms with Crippen LogP contribution in [0.2, 0.25) is 0 Å². The highest BCUT2D eigenvalue weighted by atomic mass is 127. The number of benzene rings is 2. The molecule has 4 rings (SSSR count). The molecule has 0 bridgehead atoms. The fourth-order valence-electron chi connectivity index (χ4n) is 3.98. The van der Waals surface area contributed by atoms with Crippen molar-refractivity contribution in [2.75, 3.05) is 7.11 Å². The van der Waals surface area contributed by atoms with Crippen molar-refractivity contribution >= 4 is 40.1 Å². The lowest BCUT2D eigenvalue weighted by Gasteiger charge is -2.47. The summed E-state index contributed by atoms with van der Waals surface area (Å²) in [6.07, 6.45) is 6.68. The molecule has 1 N–H and O–H groups in total. The Morgan fingerprint density at radius 2 is 2.12 bits per heavy atom. The number of methoxy groups -OCH3 is 1. The van der Waals surface area contributed by atoms with Gasteiger partial charge in [-0.2, -0.15) is 0 Å². The minimum Gasteiger partial charge on any atom is -0.508 e. The Morgan fingerprint density at radius 3 is 2.88 bits per heavy atom. The number of halogens is 1. The molecule has 0 spiro atoms. The van der Waals surface area contributed by atoms with E-state index >= 15 is 0 Å². The van der Waals surface area contributed by atoms with Crippen molar-refractivity contribution in [2.24, 2.45) is 5.92 Å². The molecule has 3 unspecified atom stereocenters. The lowest BCUT2D eigenvalue weighted by atomic mass is 9.74. The Hall–Kier alpha value is -1.40. The van der Waals surface area contributed by atoms with Gasteiger partial charge in [-0.15, -0.1) is 11.8 Å². The molecule has 0 fully saturated rings. The summed E-state index contributed by atoms with van der Waals surface area (Å²) in [5.74, 6) is 1.53. The Labute approximate surface area is 172 Å². The highest BCUT2D eigenvalue weighted by Gasteiger charge is 2.48. The summed E-state index contributed by atoms with van der Waals surface area (Å²) < 4.78 is 5.48. The Balaban J connectivity index is 1.84. The molecule has 2 nitrogen and oxygen atoms in total. The summed E-state index contributed by atoms with van der Waals surface area (Å²) in [5, 5.41) is 10.2. The molecular weight excluding hydrogens is 455 g/mol. The first-order chi connectivity index (χ1) is 12.5. The third-order valence-corrected chi connectivity index (χ3v) is 8.65. The quantitative estimate of drug-likeness (QED) is 0.232. The number of fused-ring (bicyclic) bond motifs is 3. The van der Waals surface area contributed by atoms with E-state index in [1.165, 1.54) is 16.0 Å². The van der Waals surface area contributed by atoms with Gasteiger partial charge in [0.15, 0.2) is 0 Å². The summed E-state index contributed by atoms with van der Waals surface area (Å²) in [6.45, 7) is 3.70. The topological polar surface area (TPSA) is 29.5 Å². The fourth-order valence-corrected chi connectivity index (χ4v) is 7.30. The molecular formula is C22H21IO2S. The van der Waals surface area contributed by atoms with Crippen molar-refractivity contribution in [2.45, 2.75) is 26.4 Å². The molecule has 2 aromatic rings. The largest absolute Gasteiger partial charge is 0.508 e. The summed E-state index contributed by atoms with van der Waals surface area (Å²) in [5.41, 5.74) is 3.45. The SMILES string of the molecule is C=C(O)c1ccc2c(c1)C1(I)CC=CCC1C(c1cccc(OC)c1)S2. The molecule has 0 saturated heterocycles. The zero-order chi connectivity index (χ0) is 18.3. The van der Waals surface area contributed by atoms with E-state index in [9.17, 15) is 5.11 Å². The molecule has 2 aromatic carbocycles. The number of alkyl halides is 1. The predicted molar refractivity (Wildman–Crippen MR) is 117 cm³/mol. The molecule has 2 aliphatic rings. The van der Waals surface area contributed by atoms with E-state index in [1.807, 2.05) is 23.9 Å². The molecule has 134 valence electrons.